The highest BCUT2D eigenvalue weighted by molar-refractivity contribution is 5.27. The Bertz CT molecular complexity index is 387. The van der Waals surface area contributed by atoms with E-state index in [0.717, 1.165) is 24.6 Å². The first-order valence-corrected chi connectivity index (χ1v) is 8.27. The lowest BCUT2D eigenvalue weighted by atomic mass is 9.83. The number of benzene rings is 1. The highest BCUT2D eigenvalue weighted by Gasteiger charge is 2.21. The molecule has 2 nitrogen and oxygen atoms in total. The highest BCUT2D eigenvalue weighted by Crippen LogP contribution is 2.25. The molecule has 0 saturated heterocycles. The molecule has 1 atom stereocenters. The van der Waals surface area contributed by atoms with Crippen molar-refractivity contribution < 1.29 is 4.74 Å². The van der Waals surface area contributed by atoms with E-state index in [1.807, 2.05) is 0 Å². The smallest absolute Gasteiger partial charge is 0.118 e. The molecular weight excluding hydrogens is 258 g/mol. The van der Waals surface area contributed by atoms with Crippen LogP contribution in [0.15, 0.2) is 24.3 Å². The molecule has 0 aromatic heterocycles. The van der Waals surface area contributed by atoms with Crippen molar-refractivity contribution in [3.05, 3.63) is 29.8 Å². The predicted octanol–water partition coefficient (Wildman–Crippen LogP) is 4.68. The molecular formula is C19H33NO. The summed E-state index contributed by atoms with van der Waals surface area (Å²) in [4.78, 5) is 0. The second-order valence-corrected chi connectivity index (χ2v) is 7.02. The van der Waals surface area contributed by atoms with Gasteiger partial charge in [0.05, 0.1) is 7.11 Å². The molecule has 0 fully saturated rings. The minimum Gasteiger partial charge on any atom is -0.497 e. The van der Waals surface area contributed by atoms with E-state index in [2.05, 4.69) is 64.2 Å². The number of hydrogen-bond acceptors (Lipinski definition) is 2. The van der Waals surface area contributed by atoms with Crippen molar-refractivity contribution in [1.82, 2.24) is 5.32 Å². The van der Waals surface area contributed by atoms with Crippen LogP contribution in [0.2, 0.25) is 0 Å². The van der Waals surface area contributed by atoms with Gasteiger partial charge in [0.15, 0.2) is 0 Å². The topological polar surface area (TPSA) is 21.3 Å². The van der Waals surface area contributed by atoms with Crippen molar-refractivity contribution in [3.8, 4) is 5.75 Å². The van der Waals surface area contributed by atoms with E-state index in [0.29, 0.717) is 5.92 Å². The second-order valence-electron chi connectivity index (χ2n) is 7.02. The molecule has 21 heavy (non-hydrogen) atoms. The van der Waals surface area contributed by atoms with E-state index < -0.39 is 0 Å². The fourth-order valence-electron chi connectivity index (χ4n) is 2.86. The Hall–Kier alpha value is -1.02. The van der Waals surface area contributed by atoms with Crippen LogP contribution in [0.25, 0.3) is 0 Å². The molecule has 0 heterocycles. The van der Waals surface area contributed by atoms with E-state index in [-0.39, 0.29) is 5.54 Å². The molecule has 0 amide bonds. The first-order chi connectivity index (χ1) is 9.89. The lowest BCUT2D eigenvalue weighted by Gasteiger charge is -2.30. The Labute approximate surface area is 131 Å². The first kappa shape index (κ1) is 18.0. The lowest BCUT2D eigenvalue weighted by molar-refractivity contribution is 0.270. The molecule has 0 bridgehead atoms. The molecule has 0 aliphatic heterocycles. The Kier molecular flexibility index (Phi) is 7.24. The third kappa shape index (κ3) is 6.52. The third-order valence-electron chi connectivity index (χ3n) is 4.27. The zero-order chi connectivity index (χ0) is 15.9. The quantitative estimate of drug-likeness (QED) is 0.751. The fourth-order valence-corrected chi connectivity index (χ4v) is 2.86. The van der Waals surface area contributed by atoms with Crippen molar-refractivity contribution in [2.75, 3.05) is 13.7 Å². The van der Waals surface area contributed by atoms with Gasteiger partial charge in [-0.25, -0.2) is 0 Å². The minimum atomic E-state index is 0.185. The van der Waals surface area contributed by atoms with Crippen LogP contribution in [0.5, 0.6) is 5.75 Å². The SMILES string of the molecule is CCC(CC)C(CNC(C)(C)C)Cc1ccc(OC)cc1. The van der Waals surface area contributed by atoms with Crippen LogP contribution >= 0.6 is 0 Å². The van der Waals surface area contributed by atoms with Crippen LogP contribution in [0.4, 0.5) is 0 Å². The van der Waals surface area contributed by atoms with Crippen molar-refractivity contribution in [3.63, 3.8) is 0 Å². The number of hydrogen-bond donors (Lipinski definition) is 1. The Morgan fingerprint density at radius 1 is 1.00 bits per heavy atom. The fraction of sp³-hybridized carbons (Fsp3) is 0.684. The maximum absolute atomic E-state index is 5.24. The van der Waals surface area contributed by atoms with Crippen molar-refractivity contribution in [2.24, 2.45) is 11.8 Å². The summed E-state index contributed by atoms with van der Waals surface area (Å²) in [5, 5.41) is 3.69. The van der Waals surface area contributed by atoms with Crippen molar-refractivity contribution >= 4 is 0 Å². The van der Waals surface area contributed by atoms with Gasteiger partial charge in [0.25, 0.3) is 0 Å². The summed E-state index contributed by atoms with van der Waals surface area (Å²) in [5.41, 5.74) is 1.59. The van der Waals surface area contributed by atoms with Gasteiger partial charge < -0.3 is 10.1 Å². The number of methoxy groups -OCH3 is 1. The summed E-state index contributed by atoms with van der Waals surface area (Å²) in [6, 6.07) is 8.53. The molecule has 1 aromatic rings. The number of nitrogens with one attached hydrogen (secondary N) is 1. The van der Waals surface area contributed by atoms with Gasteiger partial charge in [0.1, 0.15) is 5.75 Å². The van der Waals surface area contributed by atoms with E-state index in [4.69, 9.17) is 4.74 Å². The summed E-state index contributed by atoms with van der Waals surface area (Å²) >= 11 is 0. The zero-order valence-corrected chi connectivity index (χ0v) is 14.7. The lowest BCUT2D eigenvalue weighted by Crippen LogP contribution is -2.41. The van der Waals surface area contributed by atoms with Crippen LogP contribution in [0, 0.1) is 11.8 Å². The van der Waals surface area contributed by atoms with Gasteiger partial charge >= 0.3 is 0 Å². The molecule has 0 spiro atoms. The molecule has 120 valence electrons. The van der Waals surface area contributed by atoms with Crippen LogP contribution < -0.4 is 10.1 Å². The standard InChI is InChI=1S/C19H33NO/c1-7-16(8-2)17(14-20-19(3,4)5)13-15-9-11-18(21-6)12-10-15/h9-12,16-17,20H,7-8,13-14H2,1-6H3. The van der Waals surface area contributed by atoms with Gasteiger partial charge in [-0.05, 0) is 63.3 Å². The normalized spacial score (nSPS) is 13.5. The summed E-state index contributed by atoms with van der Waals surface area (Å²) < 4.78 is 5.24. The van der Waals surface area contributed by atoms with E-state index in [1.165, 1.54) is 18.4 Å². The van der Waals surface area contributed by atoms with Crippen LogP contribution in [0.1, 0.15) is 53.0 Å². The monoisotopic (exact) mass is 291 g/mol. The van der Waals surface area contributed by atoms with Crippen LogP contribution in [-0.4, -0.2) is 19.2 Å². The highest BCUT2D eigenvalue weighted by atomic mass is 16.5. The molecule has 0 saturated carbocycles. The molecule has 1 unspecified atom stereocenters. The van der Waals surface area contributed by atoms with E-state index in [1.54, 1.807) is 7.11 Å². The average molecular weight is 291 g/mol. The van der Waals surface area contributed by atoms with Gasteiger partial charge in [-0.1, -0.05) is 38.8 Å². The molecule has 0 aliphatic rings. The first-order valence-electron chi connectivity index (χ1n) is 8.27. The summed E-state index contributed by atoms with van der Waals surface area (Å²) in [6.07, 6.45) is 3.64. The van der Waals surface area contributed by atoms with Crippen molar-refractivity contribution in [2.45, 2.75) is 59.4 Å². The molecule has 1 N–H and O–H groups in total. The molecule has 0 radical (unpaired) electrons. The van der Waals surface area contributed by atoms with Gasteiger partial charge in [-0.15, -0.1) is 0 Å². The molecule has 0 aliphatic carbocycles. The largest absolute Gasteiger partial charge is 0.497 e. The zero-order valence-electron chi connectivity index (χ0n) is 14.7. The third-order valence-corrected chi connectivity index (χ3v) is 4.27. The van der Waals surface area contributed by atoms with Gasteiger partial charge in [0.2, 0.25) is 0 Å². The number of rotatable bonds is 8. The van der Waals surface area contributed by atoms with Crippen molar-refractivity contribution in [1.29, 1.82) is 0 Å². The summed E-state index contributed by atoms with van der Waals surface area (Å²) in [6.45, 7) is 12.4. The Balaban J connectivity index is 2.74. The van der Waals surface area contributed by atoms with Crippen LogP contribution in [-0.2, 0) is 6.42 Å². The van der Waals surface area contributed by atoms with E-state index >= 15 is 0 Å². The molecule has 1 aromatic carbocycles. The maximum Gasteiger partial charge on any atom is 0.118 e. The maximum atomic E-state index is 5.24. The van der Waals surface area contributed by atoms with Gasteiger partial charge in [0, 0.05) is 5.54 Å². The average Bonchev–Trinajstić information content (AvgIpc) is 2.45. The Morgan fingerprint density at radius 3 is 2.00 bits per heavy atom. The summed E-state index contributed by atoms with van der Waals surface area (Å²) in [7, 11) is 1.72. The second kappa shape index (κ2) is 8.43. The molecule has 2 heteroatoms. The minimum absolute atomic E-state index is 0.185. The Morgan fingerprint density at radius 2 is 1.57 bits per heavy atom. The van der Waals surface area contributed by atoms with Crippen LogP contribution in [0.3, 0.4) is 0 Å². The number of ether oxygens (including phenoxy) is 1. The predicted molar refractivity (Wildman–Crippen MR) is 92.0 cm³/mol. The van der Waals surface area contributed by atoms with Gasteiger partial charge in [-0.2, -0.15) is 0 Å². The van der Waals surface area contributed by atoms with Gasteiger partial charge in [-0.3, -0.25) is 0 Å². The van der Waals surface area contributed by atoms with E-state index in [9.17, 15) is 0 Å². The molecule has 1 rings (SSSR count). The summed E-state index contributed by atoms with van der Waals surface area (Å²) in [5.74, 6) is 2.40.